The number of carboxylic acids is 1. The van der Waals surface area contributed by atoms with Gasteiger partial charge in [0.1, 0.15) is 0 Å². The fourth-order valence-electron chi connectivity index (χ4n) is 4.80. The van der Waals surface area contributed by atoms with Crippen molar-refractivity contribution in [1.29, 1.82) is 0 Å². The fraction of sp³-hybridized carbons (Fsp3) is 0.267. The van der Waals surface area contributed by atoms with E-state index < -0.39 is 21.2 Å². The molecule has 5 rings (SSSR count). The van der Waals surface area contributed by atoms with Crippen molar-refractivity contribution < 1.29 is 22.8 Å². The van der Waals surface area contributed by atoms with Crippen LogP contribution < -0.4 is 0 Å². The van der Waals surface area contributed by atoms with E-state index in [4.69, 9.17) is 16.1 Å². The Labute approximate surface area is 227 Å². The van der Waals surface area contributed by atoms with Gasteiger partial charge in [0, 0.05) is 16.1 Å². The number of hydrogen-bond acceptors (Lipinski definition) is 5. The topological polar surface area (TPSA) is 97.5 Å². The number of hydrogen-bond donors (Lipinski definition) is 1. The molecule has 0 atom stereocenters. The smallest absolute Gasteiger partial charge is 0.314 e. The Morgan fingerprint density at radius 3 is 2.16 bits per heavy atom. The Morgan fingerprint density at radius 2 is 1.53 bits per heavy atom. The van der Waals surface area contributed by atoms with Gasteiger partial charge in [0.2, 0.25) is 0 Å². The molecule has 0 saturated heterocycles. The maximum Gasteiger partial charge on any atom is 0.314 e. The highest BCUT2D eigenvalue weighted by Gasteiger charge is 2.51. The first-order chi connectivity index (χ1) is 18.3. The van der Waals surface area contributed by atoms with Crippen LogP contribution in [0.2, 0.25) is 5.02 Å². The second-order valence-electron chi connectivity index (χ2n) is 9.86. The molecule has 1 aromatic heterocycles. The molecule has 0 unspecified atom stereocenters. The molecular weight excluding hydrogens is 522 g/mol. The van der Waals surface area contributed by atoms with Crippen LogP contribution in [0.3, 0.4) is 0 Å². The van der Waals surface area contributed by atoms with Crippen molar-refractivity contribution in [2.24, 2.45) is 0 Å². The largest absolute Gasteiger partial charge is 0.481 e. The fourth-order valence-corrected chi connectivity index (χ4v) is 6.49. The molecule has 0 spiro atoms. The number of aryl methyl sites for hydroxylation is 1. The molecule has 4 aromatic rings. The molecular formula is C30H28ClNO5S. The lowest BCUT2D eigenvalue weighted by molar-refractivity contribution is -0.140. The SMILES string of the molecule is O=C(O)C1(c2ccc(-c3ccc(-c4oncc4CS(=O)(=O)CCCCc4ccccc4Cl)cc3)cc2)CC1. The first-order valence-electron chi connectivity index (χ1n) is 12.6. The van der Waals surface area contributed by atoms with E-state index in [9.17, 15) is 18.3 Å². The van der Waals surface area contributed by atoms with Crippen LogP contribution in [0.4, 0.5) is 0 Å². The summed E-state index contributed by atoms with van der Waals surface area (Å²) in [6.45, 7) is 0. The number of carboxylic acid groups (broad SMARTS) is 1. The number of halogens is 1. The van der Waals surface area contributed by atoms with E-state index >= 15 is 0 Å². The molecule has 3 aromatic carbocycles. The lowest BCUT2D eigenvalue weighted by Gasteiger charge is -2.11. The van der Waals surface area contributed by atoms with E-state index in [0.29, 0.717) is 35.6 Å². The van der Waals surface area contributed by atoms with E-state index in [0.717, 1.165) is 40.7 Å². The lowest BCUT2D eigenvalue weighted by Crippen LogP contribution is -2.19. The third-order valence-corrected chi connectivity index (χ3v) is 9.24. The van der Waals surface area contributed by atoms with Gasteiger partial charge in [0.15, 0.2) is 15.6 Å². The predicted molar refractivity (Wildman–Crippen MR) is 148 cm³/mol. The Kier molecular flexibility index (Phi) is 7.41. The predicted octanol–water partition coefficient (Wildman–Crippen LogP) is 6.72. The molecule has 0 bridgehead atoms. The van der Waals surface area contributed by atoms with Crippen molar-refractivity contribution >= 4 is 27.4 Å². The minimum Gasteiger partial charge on any atom is -0.481 e. The minimum atomic E-state index is -3.34. The highest BCUT2D eigenvalue weighted by molar-refractivity contribution is 7.90. The summed E-state index contributed by atoms with van der Waals surface area (Å²) in [4.78, 5) is 11.6. The number of nitrogens with zero attached hydrogens (tertiary/aromatic N) is 1. The zero-order valence-corrected chi connectivity index (χ0v) is 22.3. The van der Waals surface area contributed by atoms with Crippen LogP contribution in [-0.4, -0.2) is 30.4 Å². The summed E-state index contributed by atoms with van der Waals surface area (Å²) in [5, 5.41) is 14.1. The van der Waals surface area contributed by atoms with E-state index in [1.807, 2.05) is 72.8 Å². The molecule has 0 aliphatic heterocycles. The molecule has 1 saturated carbocycles. The monoisotopic (exact) mass is 549 g/mol. The van der Waals surface area contributed by atoms with Crippen LogP contribution in [0, 0.1) is 0 Å². The van der Waals surface area contributed by atoms with E-state index in [1.54, 1.807) is 0 Å². The highest BCUT2D eigenvalue weighted by atomic mass is 35.5. The van der Waals surface area contributed by atoms with Gasteiger partial charge in [0.25, 0.3) is 0 Å². The maximum absolute atomic E-state index is 12.8. The summed E-state index contributed by atoms with van der Waals surface area (Å²) in [7, 11) is -3.34. The molecule has 0 amide bonds. The summed E-state index contributed by atoms with van der Waals surface area (Å²) >= 11 is 6.19. The molecule has 1 N–H and O–H groups in total. The normalized spacial score (nSPS) is 14.3. The second-order valence-corrected chi connectivity index (χ2v) is 12.5. The zero-order chi connectivity index (χ0) is 26.8. The maximum atomic E-state index is 12.8. The van der Waals surface area contributed by atoms with Crippen LogP contribution in [0.5, 0.6) is 0 Å². The minimum absolute atomic E-state index is 0.0835. The third-order valence-electron chi connectivity index (χ3n) is 7.21. The van der Waals surface area contributed by atoms with Gasteiger partial charge in [-0.1, -0.05) is 83.5 Å². The number of sulfone groups is 1. The molecule has 1 aliphatic rings. The van der Waals surface area contributed by atoms with Gasteiger partial charge in [0.05, 0.1) is 23.1 Å². The summed E-state index contributed by atoms with van der Waals surface area (Å²) in [5.74, 6) is -0.368. The number of benzene rings is 3. The Hall–Kier alpha value is -3.42. The Morgan fingerprint density at radius 1 is 0.895 bits per heavy atom. The van der Waals surface area contributed by atoms with Gasteiger partial charge < -0.3 is 9.63 Å². The Balaban J connectivity index is 1.21. The number of aliphatic carboxylic acids is 1. The molecule has 1 heterocycles. The molecule has 1 aliphatic carbocycles. The quantitative estimate of drug-likeness (QED) is 0.209. The van der Waals surface area contributed by atoms with Crippen molar-refractivity contribution in [3.05, 3.63) is 101 Å². The molecule has 38 heavy (non-hydrogen) atoms. The van der Waals surface area contributed by atoms with Crippen LogP contribution in [0.1, 0.15) is 42.4 Å². The van der Waals surface area contributed by atoms with Crippen molar-refractivity contribution in [3.63, 3.8) is 0 Å². The molecule has 1 fully saturated rings. The van der Waals surface area contributed by atoms with Crippen molar-refractivity contribution in [2.45, 2.75) is 43.3 Å². The Bertz CT molecular complexity index is 1540. The van der Waals surface area contributed by atoms with Crippen LogP contribution in [-0.2, 0) is 32.2 Å². The van der Waals surface area contributed by atoms with E-state index in [1.165, 1.54) is 6.20 Å². The van der Waals surface area contributed by atoms with Gasteiger partial charge >= 0.3 is 5.97 Å². The first-order valence-corrected chi connectivity index (χ1v) is 14.8. The first kappa shape index (κ1) is 26.2. The number of carbonyl (C=O) groups is 1. The highest BCUT2D eigenvalue weighted by Crippen LogP contribution is 2.48. The van der Waals surface area contributed by atoms with Gasteiger partial charge in [-0.25, -0.2) is 8.42 Å². The average Bonchev–Trinajstić information content (AvgIpc) is 3.61. The van der Waals surface area contributed by atoms with Gasteiger partial charge in [-0.05, 0) is 60.4 Å². The van der Waals surface area contributed by atoms with Crippen molar-refractivity contribution in [1.82, 2.24) is 5.16 Å². The molecule has 0 radical (unpaired) electrons. The van der Waals surface area contributed by atoms with Crippen LogP contribution in [0.25, 0.3) is 22.5 Å². The van der Waals surface area contributed by atoms with E-state index in [2.05, 4.69) is 5.16 Å². The lowest BCUT2D eigenvalue weighted by atomic mass is 9.93. The number of aromatic nitrogens is 1. The summed E-state index contributed by atoms with van der Waals surface area (Å²) in [6, 6.07) is 22.9. The second kappa shape index (κ2) is 10.8. The van der Waals surface area contributed by atoms with E-state index in [-0.39, 0.29) is 11.5 Å². The summed E-state index contributed by atoms with van der Waals surface area (Å²) in [6.07, 6.45) is 4.85. The summed E-state index contributed by atoms with van der Waals surface area (Å²) < 4.78 is 31.1. The molecule has 196 valence electrons. The van der Waals surface area contributed by atoms with Crippen LogP contribution >= 0.6 is 11.6 Å². The standard InChI is InChI=1S/C30H28ClNO5S/c31-27-7-2-1-5-23(27)6-3-4-18-38(35,36)20-25-19-32-37-28(25)24-10-8-21(9-11-24)22-12-14-26(15-13-22)30(16-17-30)29(33)34/h1-2,5,7-15,19H,3-4,6,16-18,20H2,(H,33,34). The van der Waals surface area contributed by atoms with Crippen molar-refractivity contribution in [3.8, 4) is 22.5 Å². The van der Waals surface area contributed by atoms with Crippen molar-refractivity contribution in [2.75, 3.05) is 5.75 Å². The van der Waals surface area contributed by atoms with Gasteiger partial charge in [-0.3, -0.25) is 4.79 Å². The summed E-state index contributed by atoms with van der Waals surface area (Å²) in [5.41, 5.74) is 4.36. The van der Waals surface area contributed by atoms with Gasteiger partial charge in [-0.15, -0.1) is 0 Å². The average molecular weight is 550 g/mol. The number of unbranched alkanes of at least 4 members (excludes halogenated alkanes) is 1. The third kappa shape index (κ3) is 5.69. The van der Waals surface area contributed by atoms with Gasteiger partial charge in [-0.2, -0.15) is 0 Å². The zero-order valence-electron chi connectivity index (χ0n) is 20.8. The number of rotatable bonds is 11. The molecule has 8 heteroatoms. The van der Waals surface area contributed by atoms with Crippen LogP contribution in [0.15, 0.2) is 83.5 Å². The molecule has 6 nitrogen and oxygen atoms in total.